The second kappa shape index (κ2) is 58.3. The second-order valence-corrected chi connectivity index (χ2v) is 24.1. The number of carbonyl (C=O) groups is 6. The van der Waals surface area contributed by atoms with Gasteiger partial charge in [-0.2, -0.15) is 13.2 Å². The Bertz CT molecular complexity index is 3180. The monoisotopic (exact) mass is 1520 g/mol. The van der Waals surface area contributed by atoms with Crippen LogP contribution in [0.2, 0.25) is 15.5 Å². The minimum absolute atomic E-state index is 0. The van der Waals surface area contributed by atoms with Gasteiger partial charge in [0, 0.05) is 62.4 Å². The van der Waals surface area contributed by atoms with Crippen molar-refractivity contribution >= 4 is 116 Å². The minimum Gasteiger partial charge on any atom is -1.00 e. The number of hydrogen-bond acceptors (Lipinski definition) is 22. The number of carbonyl (C=O) groups excluding carboxylic acids is 4. The van der Waals surface area contributed by atoms with Crippen LogP contribution in [0.1, 0.15) is 168 Å². The molecule has 0 aliphatic heterocycles. The molecule has 26 nitrogen and oxygen atoms in total. The molecule has 0 bridgehead atoms. The molecule has 5 aromatic rings. The van der Waals surface area contributed by atoms with Crippen molar-refractivity contribution in [3.63, 3.8) is 0 Å². The van der Waals surface area contributed by atoms with Crippen LogP contribution in [0.4, 0.5) is 34.4 Å². The van der Waals surface area contributed by atoms with Crippen LogP contribution in [0.3, 0.4) is 0 Å². The maximum absolute atomic E-state index is 11.8. The summed E-state index contributed by atoms with van der Waals surface area (Å²) in [6.45, 7) is 11.0. The molecule has 559 valence electrons. The van der Waals surface area contributed by atoms with Crippen LogP contribution in [0, 0.1) is 0 Å². The molecule has 3 saturated carbocycles. The molecule has 3 fully saturated rings. The number of nitrogens with two attached hydrogens (primary N) is 2. The Hall–Kier alpha value is -6.03. The topological polar surface area (TPSA) is 412 Å². The summed E-state index contributed by atoms with van der Waals surface area (Å²) in [4.78, 5) is 88.4. The summed E-state index contributed by atoms with van der Waals surface area (Å²) in [6.07, 6.45) is 19.9. The largest absolute Gasteiger partial charge is 1.00 e. The molecule has 12 N–H and O–H groups in total. The van der Waals surface area contributed by atoms with Crippen molar-refractivity contribution in [2.75, 3.05) is 10.6 Å². The van der Waals surface area contributed by atoms with Gasteiger partial charge in [-0.1, -0.05) is 114 Å². The predicted molar refractivity (Wildman–Crippen MR) is 388 cm³/mol. The normalized spacial score (nSPS) is 16.8. The van der Waals surface area contributed by atoms with Gasteiger partial charge in [0.25, 0.3) is 6.47 Å². The van der Waals surface area contributed by atoms with Gasteiger partial charge in [-0.15, -0.1) is 0 Å². The Morgan fingerprint density at radius 3 is 1.27 bits per heavy atom. The van der Waals surface area contributed by atoms with E-state index in [1.165, 1.54) is 30.7 Å². The van der Waals surface area contributed by atoms with Crippen molar-refractivity contribution in [2.24, 2.45) is 11.5 Å². The summed E-state index contributed by atoms with van der Waals surface area (Å²) >= 11 is 16.6. The number of carboxylic acids is 2. The summed E-state index contributed by atoms with van der Waals surface area (Å²) in [7, 11) is -1.53. The summed E-state index contributed by atoms with van der Waals surface area (Å²) in [5, 5.41) is 56.8. The maximum Gasteiger partial charge on any atom is 1.00 e. The van der Waals surface area contributed by atoms with Crippen LogP contribution in [0.15, 0.2) is 97.9 Å². The Morgan fingerprint density at radius 1 is 0.578 bits per heavy atom. The van der Waals surface area contributed by atoms with Crippen molar-refractivity contribution < 1.29 is 142 Å². The number of aliphatic carboxylic acids is 2. The van der Waals surface area contributed by atoms with Crippen molar-refractivity contribution in [3.8, 4) is 11.3 Å². The van der Waals surface area contributed by atoms with Crippen LogP contribution in [0.25, 0.3) is 23.4 Å². The molecule has 3 aliphatic rings. The number of aldehydes is 1. The van der Waals surface area contributed by atoms with Crippen LogP contribution in [0.5, 0.6) is 0 Å². The Morgan fingerprint density at radius 2 is 0.922 bits per heavy atom. The fourth-order valence-electron chi connectivity index (χ4n) is 8.54. The molecular formula is C66H101B2Cl3F3N12Na2O14. The number of ether oxygens (including phenoxy) is 2. The first-order valence-electron chi connectivity index (χ1n) is 29.2. The van der Waals surface area contributed by atoms with E-state index in [1.54, 1.807) is 42.9 Å². The van der Waals surface area contributed by atoms with Gasteiger partial charge in [0.2, 0.25) is 6.29 Å². The number of aromatic nitrogens is 6. The standard InChI is InChI=1S/C19H22N4O2.C15H23ClN4O2.C11H22N2O2.C9H9BO4.C4H2Cl2N2.C2HF3O.CH2O3.5CH4.B.2Na.H/c20-15-5-7-16(8-6-15)22-18-12-21-11-17(23-18)14-3-1-2-13(10-14)4-9-19(24)25;1-15(2,3)22-14(21)19-11-6-4-10(5-7-11)18-13-9-17-8-12(16)20-13;1-11(2,3)15-10(14)13-9-6-4-8(12)5-7-9;11-9(12)5-4-7-2-1-3-8(6-7)10(13)14;5-3-1-7-2-4(6)8-3;3-2(4,5)1-6;2-1-4-3;;;;;;;;;/h1-4,9-12,15-16H,5-8,20H2,(H,22,23)(H,24,25);8-11H,4-7H2,1-3H3,(H,18,20)(H,19,21);8-9H,4-7,12H2,1-3H3,(H,13,14);1-6,13-14H,(H,11,12);1-2H;1H;1,3H;5*1H4;;;;/q;;;;;;;;;;;;;2*+1;-1/p-1/b9-4+;;;5-4+;;;;;;;;;;;;. The van der Waals surface area contributed by atoms with Crippen molar-refractivity contribution in [1.29, 1.82) is 0 Å². The molecule has 3 heterocycles. The molecule has 3 aromatic heterocycles. The van der Waals surface area contributed by atoms with Gasteiger partial charge in [-0.3, -0.25) is 24.5 Å². The molecule has 3 aliphatic carbocycles. The number of alkyl carbamates (subject to hydrolysis) is 2. The number of hydrogen-bond donors (Lipinski definition) is 10. The van der Waals surface area contributed by atoms with E-state index >= 15 is 0 Å². The van der Waals surface area contributed by atoms with E-state index in [0.29, 0.717) is 56.5 Å². The second-order valence-electron chi connectivity index (χ2n) is 22.9. The van der Waals surface area contributed by atoms with Crippen molar-refractivity contribution in [2.45, 2.75) is 209 Å². The number of benzene rings is 2. The molecule has 36 heteroatoms. The van der Waals surface area contributed by atoms with E-state index in [0.717, 1.165) is 112 Å². The number of amides is 2. The van der Waals surface area contributed by atoms with Gasteiger partial charge in [-0.25, -0.2) is 34.1 Å². The number of nitrogens with zero attached hydrogens (tertiary/aromatic N) is 6. The number of nitrogens with one attached hydrogen (secondary N) is 4. The molecule has 8 rings (SSSR count). The van der Waals surface area contributed by atoms with E-state index in [-0.39, 0.29) is 137 Å². The first kappa shape index (κ1) is 109. The Balaban J connectivity index is -0.000000178. The molecule has 0 atom stereocenters. The zero-order valence-electron chi connectivity index (χ0n) is 56.1. The molecule has 3 radical (unpaired) electrons. The molecule has 2 amide bonds. The predicted octanol–water partition coefficient (Wildman–Crippen LogP) is 5.43. The van der Waals surface area contributed by atoms with E-state index in [9.17, 15) is 32.3 Å². The van der Waals surface area contributed by atoms with Crippen LogP contribution >= 0.6 is 34.8 Å². The molecular weight excluding hydrogens is 1420 g/mol. The quantitative estimate of drug-likeness (QED) is 0.0231. The maximum atomic E-state index is 11.8. The summed E-state index contributed by atoms with van der Waals surface area (Å²) in [5.74, 6) is -0.566. The minimum atomic E-state index is -4.64. The molecule has 2 aromatic carbocycles. The molecule has 0 saturated heterocycles. The van der Waals surface area contributed by atoms with Gasteiger partial charge >= 0.3 is 96.5 Å². The van der Waals surface area contributed by atoms with Gasteiger partial charge in [-0.05, 0) is 153 Å². The Labute approximate surface area is 661 Å². The smallest absolute Gasteiger partial charge is 1.00 e. The number of halogens is 6. The number of rotatable bonds is 13. The van der Waals surface area contributed by atoms with Gasteiger partial charge < -0.3 is 74.0 Å². The van der Waals surface area contributed by atoms with Crippen LogP contribution in [-0.2, 0) is 33.5 Å². The van der Waals surface area contributed by atoms with Gasteiger partial charge in [0.1, 0.15) is 38.3 Å². The molecule has 0 spiro atoms. The molecule has 102 heavy (non-hydrogen) atoms. The first-order chi connectivity index (χ1) is 44.1. The summed E-state index contributed by atoms with van der Waals surface area (Å²) in [5.41, 5.74) is 14.2. The fraction of sp³-hybridized carbons (Fsp3) is 0.485. The number of anilines is 2. The fourth-order valence-corrected chi connectivity index (χ4v) is 9.03. The number of carboxylic acid groups (broad SMARTS) is 2. The SMILES string of the molecule is C.C.C.C.C.CC(C)(C)OC(=O)NC1CCC(N)CC1.CC(C)(C)OC(=O)NC1CCC(Nc2cncc(Cl)n2)CC1.Clc1cncc(Cl)n1.NC1CCC(Nc2cncc(-c3cccc(/C=C/C(=O)O)c3)n2)CC1.O=C(O)/C=C/c1cccc(B(O)O)c1.O=CC(F)(F)F.O=CO[O-].[B].[H-].[Na+].[Na+]. The van der Waals surface area contributed by atoms with Crippen molar-refractivity contribution in [3.05, 3.63) is 124 Å². The third-order valence-corrected chi connectivity index (χ3v) is 13.2. The summed E-state index contributed by atoms with van der Waals surface area (Å²) in [6, 6.07) is 15.6. The average molecular weight is 1520 g/mol. The van der Waals surface area contributed by atoms with E-state index < -0.39 is 42.7 Å². The van der Waals surface area contributed by atoms with Crippen LogP contribution < -0.4 is 103 Å². The van der Waals surface area contributed by atoms with Crippen LogP contribution in [-0.4, -0.2) is 156 Å². The molecule has 0 unspecified atom stereocenters. The zero-order chi connectivity index (χ0) is 70.4. The first-order valence-corrected chi connectivity index (χ1v) is 30.4. The van der Waals surface area contributed by atoms with Gasteiger partial charge in [0.05, 0.1) is 42.9 Å². The average Bonchev–Trinajstić information content (AvgIpc) is 0.846. The third-order valence-electron chi connectivity index (χ3n) is 12.6. The summed E-state index contributed by atoms with van der Waals surface area (Å²) < 4.78 is 41.7. The Kier molecular flexibility index (Phi) is 62.5. The van der Waals surface area contributed by atoms with Crippen molar-refractivity contribution in [1.82, 2.24) is 40.5 Å². The number of alkyl halides is 3. The van der Waals surface area contributed by atoms with E-state index in [1.807, 2.05) is 65.8 Å². The zero-order valence-corrected chi connectivity index (χ0v) is 61.4. The van der Waals surface area contributed by atoms with Gasteiger partial charge in [0.15, 0.2) is 0 Å². The van der Waals surface area contributed by atoms with E-state index in [2.05, 4.69) is 56.1 Å². The third kappa shape index (κ3) is 54.6. The van der Waals surface area contributed by atoms with E-state index in [4.69, 9.17) is 90.9 Å².